The lowest BCUT2D eigenvalue weighted by atomic mass is 9.68. The molecule has 1 heterocycles. The first-order valence-corrected chi connectivity index (χ1v) is 15.5. The third-order valence-electron chi connectivity index (χ3n) is 8.73. The van der Waals surface area contributed by atoms with Gasteiger partial charge in [0.1, 0.15) is 5.75 Å². The summed E-state index contributed by atoms with van der Waals surface area (Å²) >= 11 is 0. The van der Waals surface area contributed by atoms with E-state index in [1.54, 1.807) is 14.2 Å². The SMILES string of the molecule is COc1ccc(CCN(C)CCCCOc2ccccc2C2(Cc3ccccc3)Cc3ccccc3N(C)C2=O)cc1OC. The van der Waals surface area contributed by atoms with Crippen molar-refractivity contribution in [3.05, 3.63) is 119 Å². The van der Waals surface area contributed by atoms with Crippen molar-refractivity contribution in [1.29, 1.82) is 0 Å². The van der Waals surface area contributed by atoms with Gasteiger partial charge in [-0.15, -0.1) is 0 Å². The van der Waals surface area contributed by atoms with Gasteiger partial charge < -0.3 is 24.0 Å². The molecule has 0 N–H and O–H groups in total. The summed E-state index contributed by atoms with van der Waals surface area (Å²) in [6, 6.07) is 32.8. The molecule has 44 heavy (non-hydrogen) atoms. The molecule has 1 amide bonds. The fourth-order valence-corrected chi connectivity index (χ4v) is 6.33. The molecule has 1 aliphatic rings. The molecule has 6 heteroatoms. The van der Waals surface area contributed by atoms with Crippen molar-refractivity contribution in [2.24, 2.45) is 0 Å². The molecule has 0 radical (unpaired) electrons. The van der Waals surface area contributed by atoms with E-state index in [0.29, 0.717) is 19.4 Å². The lowest BCUT2D eigenvalue weighted by molar-refractivity contribution is -0.124. The highest BCUT2D eigenvalue weighted by Crippen LogP contribution is 2.44. The summed E-state index contributed by atoms with van der Waals surface area (Å²) in [6.07, 6.45) is 4.13. The van der Waals surface area contributed by atoms with E-state index in [-0.39, 0.29) is 5.91 Å². The van der Waals surface area contributed by atoms with E-state index in [0.717, 1.165) is 66.4 Å². The van der Waals surface area contributed by atoms with Crippen molar-refractivity contribution in [1.82, 2.24) is 4.90 Å². The summed E-state index contributed by atoms with van der Waals surface area (Å²) in [5.41, 5.74) is 4.73. The van der Waals surface area contributed by atoms with Crippen molar-refractivity contribution in [3.8, 4) is 17.2 Å². The third kappa shape index (κ3) is 6.92. The van der Waals surface area contributed by atoms with Gasteiger partial charge in [0.15, 0.2) is 11.5 Å². The Morgan fingerprint density at radius 1 is 0.773 bits per heavy atom. The van der Waals surface area contributed by atoms with E-state index in [4.69, 9.17) is 14.2 Å². The fourth-order valence-electron chi connectivity index (χ4n) is 6.33. The standard InChI is InChI=1S/C38H44N2O4/c1-39(24-22-29-20-21-35(42-3)36(26-29)43-4)23-12-13-25-44-34-19-11-9-17-32(34)38(27-30-14-6-5-7-15-30)28-31-16-8-10-18-33(31)40(2)37(38)41/h5-11,14-21,26H,12-13,22-25,27-28H2,1-4H3. The van der Waals surface area contributed by atoms with Crippen LogP contribution in [0.25, 0.3) is 0 Å². The molecule has 0 aliphatic carbocycles. The summed E-state index contributed by atoms with van der Waals surface area (Å²) in [6.45, 7) is 2.54. The number of hydrogen-bond donors (Lipinski definition) is 0. The van der Waals surface area contributed by atoms with Crippen LogP contribution in [0.1, 0.15) is 35.1 Å². The average Bonchev–Trinajstić information content (AvgIpc) is 3.06. The first-order chi connectivity index (χ1) is 21.4. The van der Waals surface area contributed by atoms with Gasteiger partial charge in [-0.1, -0.05) is 72.8 Å². The maximum absolute atomic E-state index is 14.3. The monoisotopic (exact) mass is 592 g/mol. The number of amides is 1. The van der Waals surface area contributed by atoms with Gasteiger partial charge in [0, 0.05) is 24.8 Å². The molecule has 1 aliphatic heterocycles. The van der Waals surface area contributed by atoms with Crippen LogP contribution in [0.15, 0.2) is 97.1 Å². The van der Waals surface area contributed by atoms with E-state index < -0.39 is 5.41 Å². The minimum absolute atomic E-state index is 0.104. The quantitative estimate of drug-likeness (QED) is 0.152. The fraction of sp³-hybridized carbons (Fsp3) is 0.342. The Kier molecular flexibility index (Phi) is 10.2. The highest BCUT2D eigenvalue weighted by atomic mass is 16.5. The second-order valence-corrected chi connectivity index (χ2v) is 11.7. The van der Waals surface area contributed by atoms with Gasteiger partial charge >= 0.3 is 0 Å². The summed E-state index contributed by atoms with van der Waals surface area (Å²) in [5.74, 6) is 2.42. The summed E-state index contributed by atoms with van der Waals surface area (Å²) in [5, 5.41) is 0. The van der Waals surface area contributed by atoms with Crippen molar-refractivity contribution >= 4 is 11.6 Å². The maximum atomic E-state index is 14.3. The molecule has 4 aromatic carbocycles. The lowest BCUT2D eigenvalue weighted by Crippen LogP contribution is -2.52. The molecule has 1 unspecified atom stereocenters. The molecule has 1 atom stereocenters. The number of anilines is 1. The molecule has 0 spiro atoms. The predicted octanol–water partition coefficient (Wildman–Crippen LogP) is 6.74. The number of rotatable bonds is 14. The van der Waals surface area contributed by atoms with Gasteiger partial charge in [-0.05, 0) is 86.7 Å². The van der Waals surface area contributed by atoms with Gasteiger partial charge in [0.25, 0.3) is 0 Å². The van der Waals surface area contributed by atoms with Crippen molar-refractivity contribution in [3.63, 3.8) is 0 Å². The molecule has 0 fully saturated rings. The number of likely N-dealkylation sites (N-methyl/N-ethyl adjacent to an activating group) is 2. The van der Waals surface area contributed by atoms with Crippen LogP contribution in [0.5, 0.6) is 17.2 Å². The zero-order valence-corrected chi connectivity index (χ0v) is 26.4. The van der Waals surface area contributed by atoms with E-state index >= 15 is 0 Å². The number of nitrogens with zero attached hydrogens (tertiary/aromatic N) is 2. The molecule has 0 bridgehead atoms. The Morgan fingerprint density at radius 3 is 2.30 bits per heavy atom. The van der Waals surface area contributed by atoms with Gasteiger partial charge in [-0.25, -0.2) is 0 Å². The Bertz CT molecular complexity index is 1540. The summed E-state index contributed by atoms with van der Waals surface area (Å²) in [7, 11) is 7.38. The van der Waals surface area contributed by atoms with Gasteiger partial charge in [-0.3, -0.25) is 4.79 Å². The molecule has 4 aromatic rings. The van der Waals surface area contributed by atoms with E-state index in [1.165, 1.54) is 11.1 Å². The smallest absolute Gasteiger partial charge is 0.238 e. The lowest BCUT2D eigenvalue weighted by Gasteiger charge is -2.42. The van der Waals surface area contributed by atoms with Crippen LogP contribution in [0.3, 0.4) is 0 Å². The number of unbranched alkanes of at least 4 members (excludes halogenated alkanes) is 1. The van der Waals surface area contributed by atoms with Gasteiger partial charge in [0.05, 0.1) is 26.2 Å². The molecular formula is C38H44N2O4. The first-order valence-electron chi connectivity index (χ1n) is 15.5. The topological polar surface area (TPSA) is 51.2 Å². The van der Waals surface area contributed by atoms with Crippen LogP contribution >= 0.6 is 0 Å². The number of carbonyl (C=O) groups is 1. The number of methoxy groups -OCH3 is 2. The van der Waals surface area contributed by atoms with Crippen molar-refractivity contribution < 1.29 is 19.0 Å². The maximum Gasteiger partial charge on any atom is 0.238 e. The highest BCUT2D eigenvalue weighted by molar-refractivity contribution is 6.04. The molecule has 0 saturated carbocycles. The van der Waals surface area contributed by atoms with E-state index in [1.807, 2.05) is 66.5 Å². The predicted molar refractivity (Wildman–Crippen MR) is 177 cm³/mol. The van der Waals surface area contributed by atoms with Gasteiger partial charge in [-0.2, -0.15) is 0 Å². The molecular weight excluding hydrogens is 548 g/mol. The Hall–Kier alpha value is -4.29. The largest absolute Gasteiger partial charge is 0.493 e. The number of hydrogen-bond acceptors (Lipinski definition) is 5. The number of ether oxygens (including phenoxy) is 3. The molecule has 5 rings (SSSR count). The summed E-state index contributed by atoms with van der Waals surface area (Å²) < 4.78 is 17.3. The van der Waals surface area contributed by atoms with Crippen LogP contribution < -0.4 is 19.1 Å². The molecule has 0 saturated heterocycles. The number of benzene rings is 4. The first kappa shape index (κ1) is 31.1. The second-order valence-electron chi connectivity index (χ2n) is 11.7. The minimum Gasteiger partial charge on any atom is -0.493 e. The van der Waals surface area contributed by atoms with E-state index in [2.05, 4.69) is 54.4 Å². The Morgan fingerprint density at radius 2 is 1.50 bits per heavy atom. The van der Waals surface area contributed by atoms with Crippen molar-refractivity contribution in [2.45, 2.75) is 37.5 Å². The molecule has 0 aromatic heterocycles. The van der Waals surface area contributed by atoms with Crippen LogP contribution in [0.4, 0.5) is 5.69 Å². The zero-order valence-electron chi connectivity index (χ0n) is 26.4. The van der Waals surface area contributed by atoms with Crippen LogP contribution in [0, 0.1) is 0 Å². The van der Waals surface area contributed by atoms with Crippen LogP contribution in [-0.4, -0.2) is 58.8 Å². The van der Waals surface area contributed by atoms with Crippen LogP contribution in [0.2, 0.25) is 0 Å². The molecule has 230 valence electrons. The van der Waals surface area contributed by atoms with Crippen molar-refractivity contribution in [2.75, 3.05) is 52.9 Å². The zero-order chi connectivity index (χ0) is 30.9. The highest BCUT2D eigenvalue weighted by Gasteiger charge is 2.47. The molecule has 6 nitrogen and oxygen atoms in total. The van der Waals surface area contributed by atoms with E-state index in [9.17, 15) is 4.79 Å². The number of fused-ring (bicyclic) bond motifs is 1. The van der Waals surface area contributed by atoms with Gasteiger partial charge in [0.2, 0.25) is 5.91 Å². The normalized spacial score (nSPS) is 16.1. The second kappa shape index (κ2) is 14.5. The Balaban J connectivity index is 1.24. The number of carbonyl (C=O) groups excluding carboxylic acids is 1. The van der Waals surface area contributed by atoms with Crippen LogP contribution in [-0.2, 0) is 29.5 Å². The number of para-hydroxylation sites is 2. The average molecular weight is 593 g/mol. The Labute approximate surface area is 262 Å². The third-order valence-corrected chi connectivity index (χ3v) is 8.73. The minimum atomic E-state index is -0.759. The summed E-state index contributed by atoms with van der Waals surface area (Å²) in [4.78, 5) is 18.5.